The first kappa shape index (κ1) is 19.8. The standard InChI is InChI=1S/C25H35NO/c1-2-3-4-5-6-7-8-9-10-12-15-22-18-19-25-23(20-22)21-26(27-25)24-16-13-11-14-17-24/h11,13-14,16-20H,2-10,12,15,21H2,1H3. The lowest BCUT2D eigenvalue weighted by molar-refractivity contribution is 0.308. The minimum Gasteiger partial charge on any atom is -0.379 e. The van der Waals surface area contributed by atoms with E-state index in [0.717, 1.165) is 18.0 Å². The number of hydrogen-bond acceptors (Lipinski definition) is 2. The third kappa shape index (κ3) is 6.30. The van der Waals surface area contributed by atoms with Crippen molar-refractivity contribution in [2.24, 2.45) is 0 Å². The summed E-state index contributed by atoms with van der Waals surface area (Å²) in [4.78, 5) is 5.99. The fourth-order valence-corrected chi connectivity index (χ4v) is 3.86. The molecular weight excluding hydrogens is 330 g/mol. The maximum atomic E-state index is 5.99. The van der Waals surface area contributed by atoms with Gasteiger partial charge in [0, 0.05) is 5.56 Å². The van der Waals surface area contributed by atoms with Gasteiger partial charge in [-0.2, -0.15) is 0 Å². The van der Waals surface area contributed by atoms with E-state index in [2.05, 4.69) is 49.4 Å². The van der Waals surface area contributed by atoms with E-state index in [1.807, 2.05) is 11.1 Å². The van der Waals surface area contributed by atoms with Crippen molar-refractivity contribution in [1.29, 1.82) is 0 Å². The molecule has 0 bridgehead atoms. The largest absolute Gasteiger partial charge is 0.379 e. The molecule has 2 aromatic rings. The van der Waals surface area contributed by atoms with Gasteiger partial charge in [-0.3, -0.25) is 0 Å². The Hall–Kier alpha value is -1.96. The Morgan fingerprint density at radius 3 is 2.15 bits per heavy atom. The van der Waals surface area contributed by atoms with Gasteiger partial charge < -0.3 is 4.84 Å². The van der Waals surface area contributed by atoms with Crippen molar-refractivity contribution >= 4 is 5.69 Å². The second-order valence-corrected chi connectivity index (χ2v) is 7.84. The Morgan fingerprint density at radius 2 is 1.44 bits per heavy atom. The van der Waals surface area contributed by atoms with Gasteiger partial charge in [0.05, 0.1) is 12.2 Å². The first-order chi connectivity index (χ1) is 13.4. The van der Waals surface area contributed by atoms with E-state index in [-0.39, 0.29) is 0 Å². The molecule has 3 rings (SSSR count). The van der Waals surface area contributed by atoms with E-state index in [9.17, 15) is 0 Å². The predicted octanol–water partition coefficient (Wildman–Crippen LogP) is 7.46. The topological polar surface area (TPSA) is 12.5 Å². The zero-order chi connectivity index (χ0) is 18.7. The molecule has 2 nitrogen and oxygen atoms in total. The van der Waals surface area contributed by atoms with Gasteiger partial charge in [0.2, 0.25) is 0 Å². The van der Waals surface area contributed by atoms with Crippen molar-refractivity contribution in [2.45, 2.75) is 84.1 Å². The van der Waals surface area contributed by atoms with Crippen LogP contribution in [-0.4, -0.2) is 0 Å². The predicted molar refractivity (Wildman–Crippen MR) is 115 cm³/mol. The number of hydroxylamine groups is 1. The number of unbranched alkanes of at least 4 members (excludes halogenated alkanes) is 9. The number of rotatable bonds is 12. The van der Waals surface area contributed by atoms with Crippen molar-refractivity contribution in [3.05, 3.63) is 59.7 Å². The van der Waals surface area contributed by atoms with E-state index < -0.39 is 0 Å². The molecule has 0 radical (unpaired) electrons. The molecule has 0 aliphatic carbocycles. The minimum absolute atomic E-state index is 0.839. The zero-order valence-corrected chi connectivity index (χ0v) is 17.0. The first-order valence-corrected chi connectivity index (χ1v) is 11.0. The Morgan fingerprint density at radius 1 is 0.778 bits per heavy atom. The molecule has 0 saturated carbocycles. The van der Waals surface area contributed by atoms with Crippen molar-refractivity contribution in [1.82, 2.24) is 0 Å². The van der Waals surface area contributed by atoms with Gasteiger partial charge in [0.1, 0.15) is 0 Å². The van der Waals surface area contributed by atoms with Crippen LogP contribution in [0.4, 0.5) is 5.69 Å². The summed E-state index contributed by atoms with van der Waals surface area (Å²) in [7, 11) is 0. The summed E-state index contributed by atoms with van der Waals surface area (Å²) >= 11 is 0. The number of benzene rings is 2. The van der Waals surface area contributed by atoms with Gasteiger partial charge in [0.25, 0.3) is 0 Å². The highest BCUT2D eigenvalue weighted by atomic mass is 16.7. The third-order valence-corrected chi connectivity index (χ3v) is 5.51. The molecule has 2 aromatic carbocycles. The third-order valence-electron chi connectivity index (χ3n) is 5.51. The van der Waals surface area contributed by atoms with E-state index >= 15 is 0 Å². The molecule has 1 aliphatic rings. The molecule has 146 valence electrons. The quantitative estimate of drug-likeness (QED) is 0.362. The maximum absolute atomic E-state index is 5.99. The van der Waals surface area contributed by atoms with Crippen LogP contribution >= 0.6 is 0 Å². The molecule has 2 heteroatoms. The number of hydrogen-bond donors (Lipinski definition) is 0. The molecule has 0 fully saturated rings. The van der Waals surface area contributed by atoms with Crippen LogP contribution in [-0.2, 0) is 13.0 Å². The van der Waals surface area contributed by atoms with E-state index in [4.69, 9.17) is 4.84 Å². The van der Waals surface area contributed by atoms with Gasteiger partial charge >= 0.3 is 0 Å². The van der Waals surface area contributed by atoms with Crippen LogP contribution in [0.5, 0.6) is 5.75 Å². The molecule has 0 spiro atoms. The van der Waals surface area contributed by atoms with Crippen molar-refractivity contribution in [3.8, 4) is 5.75 Å². The van der Waals surface area contributed by atoms with Gasteiger partial charge in [-0.25, -0.2) is 5.06 Å². The number of fused-ring (bicyclic) bond motifs is 1. The average molecular weight is 366 g/mol. The fraction of sp³-hybridized carbons (Fsp3) is 0.520. The summed E-state index contributed by atoms with van der Waals surface area (Å²) in [6, 6.07) is 17.1. The van der Waals surface area contributed by atoms with E-state index in [1.165, 1.54) is 81.8 Å². The van der Waals surface area contributed by atoms with Crippen LogP contribution in [0.3, 0.4) is 0 Å². The molecule has 0 N–H and O–H groups in total. The van der Waals surface area contributed by atoms with Gasteiger partial charge in [0.15, 0.2) is 5.75 Å². The number of aryl methyl sites for hydroxylation is 1. The minimum atomic E-state index is 0.839. The fourth-order valence-electron chi connectivity index (χ4n) is 3.86. The molecule has 1 heterocycles. The summed E-state index contributed by atoms with van der Waals surface area (Å²) in [5.41, 5.74) is 3.88. The Kier molecular flexibility index (Phi) is 8.07. The summed E-state index contributed by atoms with van der Waals surface area (Å²) in [5.74, 6) is 1.01. The number of nitrogens with zero attached hydrogens (tertiary/aromatic N) is 1. The van der Waals surface area contributed by atoms with Crippen molar-refractivity contribution < 1.29 is 4.84 Å². The van der Waals surface area contributed by atoms with Crippen molar-refractivity contribution in [3.63, 3.8) is 0 Å². The van der Waals surface area contributed by atoms with Crippen LogP contribution in [0, 0.1) is 0 Å². The lowest BCUT2D eigenvalue weighted by Gasteiger charge is -2.16. The summed E-state index contributed by atoms with van der Waals surface area (Å²) in [5, 5.41) is 1.98. The van der Waals surface area contributed by atoms with Gasteiger partial charge in [-0.1, -0.05) is 95.0 Å². The van der Waals surface area contributed by atoms with Crippen LogP contribution in [0.1, 0.15) is 82.3 Å². The summed E-state index contributed by atoms with van der Waals surface area (Å²) in [6.45, 7) is 3.12. The van der Waals surface area contributed by atoms with E-state index in [0.29, 0.717) is 0 Å². The molecule has 0 atom stereocenters. The zero-order valence-electron chi connectivity index (χ0n) is 17.0. The van der Waals surface area contributed by atoms with Crippen LogP contribution in [0.25, 0.3) is 0 Å². The molecular formula is C25H35NO. The van der Waals surface area contributed by atoms with Crippen LogP contribution in [0.15, 0.2) is 48.5 Å². The number of para-hydroxylation sites is 1. The molecule has 1 aliphatic heterocycles. The Bertz CT molecular complexity index is 667. The molecule has 0 amide bonds. The smallest absolute Gasteiger partial charge is 0.160 e. The maximum Gasteiger partial charge on any atom is 0.160 e. The van der Waals surface area contributed by atoms with Crippen molar-refractivity contribution in [2.75, 3.05) is 5.06 Å². The van der Waals surface area contributed by atoms with Crippen LogP contribution < -0.4 is 9.90 Å². The SMILES string of the molecule is CCCCCCCCCCCCc1ccc2c(c1)CN(c1ccccc1)O2. The average Bonchev–Trinajstić information content (AvgIpc) is 3.13. The van der Waals surface area contributed by atoms with Crippen LogP contribution in [0.2, 0.25) is 0 Å². The van der Waals surface area contributed by atoms with Gasteiger partial charge in [-0.15, -0.1) is 0 Å². The molecule has 0 saturated heterocycles. The highest BCUT2D eigenvalue weighted by molar-refractivity contribution is 5.51. The van der Waals surface area contributed by atoms with E-state index in [1.54, 1.807) is 0 Å². The normalized spacial score (nSPS) is 12.9. The highest BCUT2D eigenvalue weighted by Gasteiger charge is 2.21. The monoisotopic (exact) mass is 365 g/mol. The lowest BCUT2D eigenvalue weighted by Crippen LogP contribution is -2.19. The highest BCUT2D eigenvalue weighted by Crippen LogP contribution is 2.32. The summed E-state index contributed by atoms with van der Waals surface area (Å²) in [6.07, 6.45) is 15.1. The molecule has 0 aromatic heterocycles. The molecule has 0 unspecified atom stereocenters. The second kappa shape index (κ2) is 11.0. The second-order valence-electron chi connectivity index (χ2n) is 7.84. The van der Waals surface area contributed by atoms with Gasteiger partial charge in [-0.05, 0) is 36.6 Å². The number of anilines is 1. The lowest BCUT2D eigenvalue weighted by atomic mass is 10.0. The molecule has 27 heavy (non-hydrogen) atoms. The summed E-state index contributed by atoms with van der Waals surface area (Å²) < 4.78 is 0. The Balaban J connectivity index is 1.33. The first-order valence-electron chi connectivity index (χ1n) is 11.0. The Labute approximate surface area is 165 Å².